The van der Waals surface area contributed by atoms with E-state index in [2.05, 4.69) is 39.3 Å². The Morgan fingerprint density at radius 3 is 1.60 bits per heavy atom. The maximum atomic E-state index is 11.3. The molecule has 0 atom stereocenters. The summed E-state index contributed by atoms with van der Waals surface area (Å²) in [6, 6.07) is 1.22. The summed E-state index contributed by atoms with van der Waals surface area (Å²) in [4.78, 5) is 0. The van der Waals surface area contributed by atoms with Crippen LogP contribution in [0.3, 0.4) is 0 Å². The summed E-state index contributed by atoms with van der Waals surface area (Å²) < 4.78 is -0.292. The van der Waals surface area contributed by atoms with Crippen LogP contribution in [0, 0.1) is 0 Å². The lowest BCUT2D eigenvalue weighted by Gasteiger charge is -2.47. The first-order valence-electron chi connectivity index (χ1n) is 8.24. The van der Waals surface area contributed by atoms with Gasteiger partial charge in [0.15, 0.2) is 0 Å². The summed E-state index contributed by atoms with van der Waals surface area (Å²) in [5.41, 5.74) is 5.50. The third kappa shape index (κ3) is 6.56. The van der Waals surface area contributed by atoms with Crippen molar-refractivity contribution in [2.45, 2.75) is 88.3 Å². The van der Waals surface area contributed by atoms with Gasteiger partial charge >= 0.3 is 0 Å². The largest absolute Gasteiger partial charge is 0.400 e. The molecule has 0 spiro atoms. The fraction of sp³-hybridized carbons (Fsp3) is 1.00. The molecular formula is C15H37NOSi3. The van der Waals surface area contributed by atoms with Crippen LogP contribution in [0.1, 0.15) is 38.5 Å². The van der Waals surface area contributed by atoms with Gasteiger partial charge in [-0.15, -0.1) is 0 Å². The van der Waals surface area contributed by atoms with Crippen molar-refractivity contribution in [1.82, 2.24) is 0 Å². The Bertz CT molecular complexity index is 245. The molecule has 0 aromatic heterocycles. The second-order valence-corrected chi connectivity index (χ2v) is 21.6. The lowest BCUT2D eigenvalue weighted by molar-refractivity contribution is 0.266. The highest BCUT2D eigenvalue weighted by Crippen LogP contribution is 2.31. The molecule has 3 N–H and O–H groups in total. The van der Waals surface area contributed by atoms with E-state index in [0.717, 1.165) is 16.1 Å². The van der Waals surface area contributed by atoms with Crippen molar-refractivity contribution >= 4 is 25.7 Å². The quantitative estimate of drug-likeness (QED) is 0.446. The van der Waals surface area contributed by atoms with E-state index in [9.17, 15) is 5.11 Å². The van der Waals surface area contributed by atoms with Crippen LogP contribution in [-0.2, 0) is 0 Å². The molecule has 2 radical (unpaired) electrons. The van der Waals surface area contributed by atoms with E-state index in [4.69, 9.17) is 5.73 Å². The van der Waals surface area contributed by atoms with Gasteiger partial charge in [0.25, 0.3) is 0 Å². The van der Waals surface area contributed by atoms with Crippen molar-refractivity contribution in [2.75, 3.05) is 6.54 Å². The first kappa shape index (κ1) is 20.6. The van der Waals surface area contributed by atoms with E-state index in [-0.39, 0.29) is 4.47 Å². The second kappa shape index (κ2) is 8.88. The van der Waals surface area contributed by atoms with Gasteiger partial charge in [-0.25, -0.2) is 0 Å². The topological polar surface area (TPSA) is 46.2 Å². The fourth-order valence-corrected chi connectivity index (χ4v) is 17.7. The number of aliphatic hydroxyl groups is 1. The van der Waals surface area contributed by atoms with Gasteiger partial charge in [-0.2, -0.15) is 0 Å². The molecule has 120 valence electrons. The molecule has 0 amide bonds. The summed E-state index contributed by atoms with van der Waals surface area (Å²) in [5, 5.41) is 11.3. The summed E-state index contributed by atoms with van der Waals surface area (Å²) in [6.45, 7) is 14.9. The molecule has 0 fully saturated rings. The van der Waals surface area contributed by atoms with Crippen molar-refractivity contribution in [1.29, 1.82) is 0 Å². The first-order valence-corrected chi connectivity index (χ1v) is 16.4. The number of hydrogen-bond donors (Lipinski definition) is 2. The minimum absolute atomic E-state index is 0.292. The number of rotatable bonds is 11. The van der Waals surface area contributed by atoms with E-state index in [0.29, 0.717) is 0 Å². The summed E-state index contributed by atoms with van der Waals surface area (Å²) >= 11 is 0. The molecular weight excluding hydrogens is 294 g/mol. The molecule has 0 rings (SSSR count). The molecule has 0 heterocycles. The Morgan fingerprint density at radius 2 is 1.20 bits per heavy atom. The second-order valence-electron chi connectivity index (χ2n) is 8.05. The average Bonchev–Trinajstić information content (AvgIpc) is 2.29. The predicted octanol–water partition coefficient (Wildman–Crippen LogP) is 3.85. The van der Waals surface area contributed by atoms with E-state index >= 15 is 0 Å². The molecule has 0 aliphatic rings. The molecule has 0 bridgehead atoms. The average molecular weight is 332 g/mol. The van der Waals surface area contributed by atoms with E-state index in [1.54, 1.807) is 0 Å². The predicted molar refractivity (Wildman–Crippen MR) is 99.0 cm³/mol. The lowest BCUT2D eigenvalue weighted by atomic mass is 10.1. The van der Waals surface area contributed by atoms with E-state index in [1.165, 1.54) is 44.6 Å². The standard InChI is InChI=1S/C15H37NOSi3/c1-19(2,3)15(17,20(4,5)6)18-14-12-10-8-7-9-11-13-16/h17H,7-14,16H2,1-6H3. The minimum Gasteiger partial charge on any atom is -0.400 e. The molecule has 2 nitrogen and oxygen atoms in total. The Kier molecular flexibility index (Phi) is 9.13. The maximum Gasteiger partial charge on any atom is 0.0734 e. The van der Waals surface area contributed by atoms with Gasteiger partial charge in [-0.3, -0.25) is 0 Å². The summed E-state index contributed by atoms with van der Waals surface area (Å²) in [7, 11) is -2.28. The fourth-order valence-electron chi connectivity index (χ4n) is 2.90. The highest BCUT2D eigenvalue weighted by molar-refractivity contribution is 7.06. The zero-order valence-corrected chi connectivity index (χ0v) is 17.7. The van der Waals surface area contributed by atoms with Crippen LogP contribution >= 0.6 is 0 Å². The van der Waals surface area contributed by atoms with Crippen molar-refractivity contribution in [3.63, 3.8) is 0 Å². The molecule has 0 saturated carbocycles. The lowest BCUT2D eigenvalue weighted by Crippen LogP contribution is -2.70. The molecule has 0 aliphatic heterocycles. The molecule has 0 unspecified atom stereocenters. The molecule has 5 heteroatoms. The van der Waals surface area contributed by atoms with Crippen LogP contribution in [0.5, 0.6) is 0 Å². The minimum atomic E-state index is -1.52. The van der Waals surface area contributed by atoms with Crippen molar-refractivity contribution in [2.24, 2.45) is 5.73 Å². The van der Waals surface area contributed by atoms with Crippen LogP contribution in [0.25, 0.3) is 0 Å². The molecule has 0 aromatic rings. The third-order valence-corrected chi connectivity index (χ3v) is 19.7. The SMILES string of the molecule is C[Si](C)(C)C(O)([Si]CCCCCCCCN)[Si](C)(C)C. The van der Waals surface area contributed by atoms with Crippen LogP contribution < -0.4 is 5.73 Å². The van der Waals surface area contributed by atoms with Gasteiger partial charge in [-0.1, -0.05) is 77.4 Å². The highest BCUT2D eigenvalue weighted by Gasteiger charge is 2.50. The first-order chi connectivity index (χ1) is 9.06. The van der Waals surface area contributed by atoms with Crippen LogP contribution in [0.2, 0.25) is 45.3 Å². The molecule has 0 saturated heterocycles. The summed E-state index contributed by atoms with van der Waals surface area (Å²) in [6.07, 6.45) is 7.73. The van der Waals surface area contributed by atoms with Gasteiger partial charge in [0.2, 0.25) is 0 Å². The third-order valence-electron chi connectivity index (χ3n) is 4.18. The smallest absolute Gasteiger partial charge is 0.0734 e. The number of unbranched alkanes of at least 4 members (excludes halogenated alkanes) is 5. The molecule has 20 heavy (non-hydrogen) atoms. The van der Waals surface area contributed by atoms with E-state index < -0.39 is 16.1 Å². The normalized spacial score (nSPS) is 13.8. The van der Waals surface area contributed by atoms with Gasteiger partial charge in [0.1, 0.15) is 0 Å². The Hall–Kier alpha value is 0.571. The van der Waals surface area contributed by atoms with Crippen molar-refractivity contribution < 1.29 is 5.11 Å². The molecule has 0 aromatic carbocycles. The van der Waals surface area contributed by atoms with Gasteiger partial charge in [0.05, 0.1) is 25.7 Å². The zero-order chi connectivity index (χ0) is 15.9. The van der Waals surface area contributed by atoms with Crippen LogP contribution in [0.4, 0.5) is 0 Å². The maximum absolute atomic E-state index is 11.3. The van der Waals surface area contributed by atoms with Crippen LogP contribution in [-0.4, -0.2) is 41.8 Å². The number of nitrogens with two attached hydrogens (primary N) is 1. The Labute approximate surface area is 131 Å². The highest BCUT2D eigenvalue weighted by atomic mass is 28.4. The van der Waals surface area contributed by atoms with E-state index in [1.807, 2.05) is 0 Å². The van der Waals surface area contributed by atoms with Crippen molar-refractivity contribution in [3.8, 4) is 0 Å². The Morgan fingerprint density at radius 1 is 0.800 bits per heavy atom. The number of hydrogen-bond acceptors (Lipinski definition) is 2. The van der Waals surface area contributed by atoms with Gasteiger partial charge in [0, 0.05) is 4.47 Å². The summed E-state index contributed by atoms with van der Waals surface area (Å²) in [5.74, 6) is 0. The zero-order valence-electron chi connectivity index (χ0n) is 14.7. The monoisotopic (exact) mass is 331 g/mol. The molecule has 0 aliphatic carbocycles. The Balaban J connectivity index is 4.07. The van der Waals surface area contributed by atoms with Crippen LogP contribution in [0.15, 0.2) is 0 Å². The van der Waals surface area contributed by atoms with Gasteiger partial charge in [-0.05, 0) is 13.0 Å². The van der Waals surface area contributed by atoms with Gasteiger partial charge < -0.3 is 10.8 Å². The van der Waals surface area contributed by atoms with Crippen molar-refractivity contribution in [3.05, 3.63) is 0 Å².